The van der Waals surface area contributed by atoms with Crippen LogP contribution in [0, 0.1) is 0 Å². The van der Waals surface area contributed by atoms with Crippen LogP contribution >= 0.6 is 11.6 Å². The Labute approximate surface area is 182 Å². The number of para-hydroxylation sites is 1. The van der Waals surface area contributed by atoms with Crippen molar-refractivity contribution in [2.45, 2.75) is 19.7 Å². The van der Waals surface area contributed by atoms with Crippen LogP contribution in [0.5, 0.6) is 11.5 Å². The Morgan fingerprint density at radius 1 is 0.733 bits per heavy atom. The smallest absolute Gasteiger partial charge is 0.124 e. The van der Waals surface area contributed by atoms with Gasteiger partial charge in [-0.2, -0.15) is 0 Å². The second-order valence-electron chi connectivity index (χ2n) is 7.06. The quantitative estimate of drug-likeness (QED) is 0.361. The second-order valence-corrected chi connectivity index (χ2v) is 7.47. The summed E-state index contributed by atoms with van der Waals surface area (Å²) in [6.45, 7) is 1.81. The van der Waals surface area contributed by atoms with Gasteiger partial charge in [0.05, 0.1) is 7.11 Å². The molecule has 0 aliphatic heterocycles. The normalized spacial score (nSPS) is 10.9. The number of hydrogen-bond donors (Lipinski definition) is 1. The summed E-state index contributed by atoms with van der Waals surface area (Å²) in [4.78, 5) is 0. The van der Waals surface area contributed by atoms with Gasteiger partial charge in [-0.1, -0.05) is 78.3 Å². The van der Waals surface area contributed by atoms with Crippen LogP contribution in [0.15, 0.2) is 84.9 Å². The average Bonchev–Trinajstić information content (AvgIpc) is 2.79. The minimum atomic E-state index is 0.428. The Morgan fingerprint density at radius 3 is 2.30 bits per heavy atom. The summed E-state index contributed by atoms with van der Waals surface area (Å²) < 4.78 is 11.7. The fourth-order valence-corrected chi connectivity index (χ4v) is 3.77. The van der Waals surface area contributed by atoms with Crippen LogP contribution in [0.2, 0.25) is 5.02 Å². The van der Waals surface area contributed by atoms with Crippen LogP contribution in [0.1, 0.15) is 16.7 Å². The Balaban J connectivity index is 1.56. The molecular weight excluding hydrogens is 394 g/mol. The number of nitrogens with one attached hydrogen (secondary N) is 1. The van der Waals surface area contributed by atoms with E-state index in [9.17, 15) is 0 Å². The van der Waals surface area contributed by atoms with Crippen molar-refractivity contribution in [3.63, 3.8) is 0 Å². The summed E-state index contributed by atoms with van der Waals surface area (Å²) in [6.07, 6.45) is 0. The van der Waals surface area contributed by atoms with Gasteiger partial charge >= 0.3 is 0 Å². The standard InChI is InChI=1S/C26H24ClNO2/c1-29-25-13-7-4-9-20(25)16-28-17-23-22-11-5-2-8-19(22)14-15-26(23)30-18-21-10-3-6-12-24(21)27/h2-15,28H,16-18H2,1H3. The number of rotatable bonds is 8. The molecule has 3 nitrogen and oxygen atoms in total. The minimum absolute atomic E-state index is 0.428. The number of benzene rings is 4. The van der Waals surface area contributed by atoms with Gasteiger partial charge in [0.25, 0.3) is 0 Å². The van der Waals surface area contributed by atoms with Gasteiger partial charge in [0.15, 0.2) is 0 Å². The number of ether oxygens (including phenoxy) is 2. The highest BCUT2D eigenvalue weighted by Crippen LogP contribution is 2.30. The first-order valence-electron chi connectivity index (χ1n) is 9.95. The molecule has 0 fully saturated rings. The molecule has 0 unspecified atom stereocenters. The van der Waals surface area contributed by atoms with Gasteiger partial charge in [-0.15, -0.1) is 0 Å². The molecule has 0 spiro atoms. The van der Waals surface area contributed by atoms with Crippen LogP contribution in [-0.2, 0) is 19.7 Å². The number of hydrogen-bond acceptors (Lipinski definition) is 3. The largest absolute Gasteiger partial charge is 0.496 e. The molecule has 0 aliphatic carbocycles. The molecule has 4 rings (SSSR count). The first-order valence-corrected chi connectivity index (χ1v) is 10.3. The predicted molar refractivity (Wildman–Crippen MR) is 123 cm³/mol. The summed E-state index contributed by atoms with van der Waals surface area (Å²) >= 11 is 6.30. The first kappa shape index (κ1) is 20.3. The van der Waals surface area contributed by atoms with Crippen molar-refractivity contribution in [3.8, 4) is 11.5 Å². The Morgan fingerprint density at radius 2 is 1.47 bits per heavy atom. The predicted octanol–water partition coefficient (Wildman–Crippen LogP) is 6.37. The van der Waals surface area contributed by atoms with Gasteiger partial charge in [-0.05, 0) is 29.0 Å². The van der Waals surface area contributed by atoms with Crippen LogP contribution in [-0.4, -0.2) is 7.11 Å². The van der Waals surface area contributed by atoms with Crippen LogP contribution in [0.3, 0.4) is 0 Å². The number of halogens is 1. The van der Waals surface area contributed by atoms with Crippen molar-refractivity contribution in [1.29, 1.82) is 0 Å². The SMILES string of the molecule is COc1ccccc1CNCc1c(OCc2ccccc2Cl)ccc2ccccc12. The molecule has 0 aromatic heterocycles. The van der Waals surface area contributed by atoms with Gasteiger partial charge in [0, 0.05) is 34.8 Å². The van der Waals surface area contributed by atoms with E-state index in [0.717, 1.165) is 28.2 Å². The fraction of sp³-hybridized carbons (Fsp3) is 0.154. The lowest BCUT2D eigenvalue weighted by atomic mass is 10.0. The van der Waals surface area contributed by atoms with E-state index in [1.165, 1.54) is 10.8 Å². The van der Waals surface area contributed by atoms with Gasteiger partial charge in [-0.25, -0.2) is 0 Å². The zero-order valence-electron chi connectivity index (χ0n) is 16.9. The van der Waals surface area contributed by atoms with Crippen LogP contribution in [0.4, 0.5) is 0 Å². The summed E-state index contributed by atoms with van der Waals surface area (Å²) in [5, 5.41) is 6.64. The minimum Gasteiger partial charge on any atom is -0.496 e. The van der Waals surface area contributed by atoms with Crippen molar-refractivity contribution in [3.05, 3.63) is 107 Å². The van der Waals surface area contributed by atoms with E-state index in [1.54, 1.807) is 7.11 Å². The third-order valence-corrected chi connectivity index (χ3v) is 5.52. The summed E-state index contributed by atoms with van der Waals surface area (Å²) in [5.41, 5.74) is 3.23. The highest BCUT2D eigenvalue weighted by molar-refractivity contribution is 6.31. The molecule has 0 radical (unpaired) electrons. The number of fused-ring (bicyclic) bond motifs is 1. The van der Waals surface area contributed by atoms with E-state index >= 15 is 0 Å². The molecule has 30 heavy (non-hydrogen) atoms. The van der Waals surface area contributed by atoms with E-state index in [4.69, 9.17) is 21.1 Å². The molecule has 1 N–H and O–H groups in total. The zero-order valence-corrected chi connectivity index (χ0v) is 17.7. The second kappa shape index (κ2) is 9.66. The third kappa shape index (κ3) is 4.59. The van der Waals surface area contributed by atoms with Crippen molar-refractivity contribution >= 4 is 22.4 Å². The molecule has 0 heterocycles. The van der Waals surface area contributed by atoms with Crippen molar-refractivity contribution in [2.24, 2.45) is 0 Å². The van der Waals surface area contributed by atoms with Gasteiger partial charge in [0.1, 0.15) is 18.1 Å². The highest BCUT2D eigenvalue weighted by Gasteiger charge is 2.11. The van der Waals surface area contributed by atoms with Crippen molar-refractivity contribution < 1.29 is 9.47 Å². The van der Waals surface area contributed by atoms with Crippen LogP contribution < -0.4 is 14.8 Å². The molecule has 0 saturated heterocycles. The van der Waals surface area contributed by atoms with E-state index in [0.29, 0.717) is 24.7 Å². The maximum absolute atomic E-state index is 6.30. The summed E-state index contributed by atoms with van der Waals surface area (Å²) in [6, 6.07) is 28.3. The van der Waals surface area contributed by atoms with Crippen LogP contribution in [0.25, 0.3) is 10.8 Å². The van der Waals surface area contributed by atoms with Gasteiger partial charge < -0.3 is 14.8 Å². The maximum atomic E-state index is 6.30. The average molecular weight is 418 g/mol. The Bertz CT molecular complexity index is 1140. The molecular formula is C26H24ClNO2. The van der Waals surface area contributed by atoms with Crippen molar-refractivity contribution in [1.82, 2.24) is 5.32 Å². The maximum Gasteiger partial charge on any atom is 0.124 e. The number of methoxy groups -OCH3 is 1. The van der Waals surface area contributed by atoms with Gasteiger partial charge in [0.2, 0.25) is 0 Å². The molecule has 0 amide bonds. The summed E-state index contributed by atoms with van der Waals surface area (Å²) in [5.74, 6) is 1.75. The molecule has 152 valence electrons. The third-order valence-electron chi connectivity index (χ3n) is 5.15. The lowest BCUT2D eigenvalue weighted by molar-refractivity contribution is 0.303. The lowest BCUT2D eigenvalue weighted by Gasteiger charge is -2.16. The molecule has 4 aromatic rings. The van der Waals surface area contributed by atoms with E-state index < -0.39 is 0 Å². The summed E-state index contributed by atoms with van der Waals surface area (Å²) in [7, 11) is 1.70. The zero-order chi connectivity index (χ0) is 20.8. The van der Waals surface area contributed by atoms with Gasteiger partial charge in [-0.3, -0.25) is 0 Å². The monoisotopic (exact) mass is 417 g/mol. The molecule has 0 bridgehead atoms. The topological polar surface area (TPSA) is 30.5 Å². The molecule has 0 atom stereocenters. The Kier molecular flexibility index (Phi) is 6.53. The van der Waals surface area contributed by atoms with E-state index in [1.807, 2.05) is 48.5 Å². The lowest BCUT2D eigenvalue weighted by Crippen LogP contribution is -2.14. The van der Waals surface area contributed by atoms with Crippen molar-refractivity contribution in [2.75, 3.05) is 7.11 Å². The molecule has 0 aliphatic rings. The van der Waals surface area contributed by atoms with E-state index in [2.05, 4.69) is 41.7 Å². The fourth-order valence-electron chi connectivity index (χ4n) is 3.58. The molecule has 4 heteroatoms. The highest BCUT2D eigenvalue weighted by atomic mass is 35.5. The molecule has 4 aromatic carbocycles. The first-order chi connectivity index (χ1) is 14.8. The Hall–Kier alpha value is -3.01. The van der Waals surface area contributed by atoms with E-state index in [-0.39, 0.29) is 0 Å². The molecule has 0 saturated carbocycles.